The Bertz CT molecular complexity index is 795. The topological polar surface area (TPSA) is 108 Å². The first-order chi connectivity index (χ1) is 11.9. The summed E-state index contributed by atoms with van der Waals surface area (Å²) in [6.07, 6.45) is 0. The molecule has 0 heterocycles. The van der Waals surface area contributed by atoms with Gasteiger partial charge in [0, 0.05) is 23.9 Å². The third-order valence-electron chi connectivity index (χ3n) is 3.78. The maximum absolute atomic E-state index is 12.2. The number of nitro groups is 1. The van der Waals surface area contributed by atoms with E-state index < -0.39 is 11.0 Å². The molecule has 2 atom stereocenters. The largest absolute Gasteiger partial charge is 0.325 e. The van der Waals surface area contributed by atoms with Crippen molar-refractivity contribution in [3.63, 3.8) is 0 Å². The molecule has 7 nitrogen and oxygen atoms in total. The number of benzene rings is 2. The molecule has 2 rings (SSSR count). The zero-order chi connectivity index (χ0) is 18.4. The summed E-state index contributed by atoms with van der Waals surface area (Å²) in [7, 11) is 0. The van der Waals surface area contributed by atoms with Crippen LogP contribution in [0.4, 0.5) is 11.4 Å². The van der Waals surface area contributed by atoms with Gasteiger partial charge in [0.05, 0.1) is 22.6 Å². The highest BCUT2D eigenvalue weighted by atomic mass is 16.6. The van der Waals surface area contributed by atoms with Gasteiger partial charge in [-0.3, -0.25) is 20.2 Å². The van der Waals surface area contributed by atoms with Gasteiger partial charge in [0.1, 0.15) is 0 Å². The number of hydrogen-bond acceptors (Lipinski definition) is 5. The lowest BCUT2D eigenvalue weighted by atomic mass is 10.1. The average molecular weight is 338 g/mol. The van der Waals surface area contributed by atoms with Crippen molar-refractivity contribution in [2.24, 2.45) is 0 Å². The summed E-state index contributed by atoms with van der Waals surface area (Å²) in [4.78, 5) is 22.4. The van der Waals surface area contributed by atoms with Crippen LogP contribution in [0.5, 0.6) is 0 Å². The lowest BCUT2D eigenvalue weighted by Crippen LogP contribution is -2.39. The van der Waals surface area contributed by atoms with Gasteiger partial charge in [-0.15, -0.1) is 0 Å². The van der Waals surface area contributed by atoms with E-state index in [1.54, 1.807) is 19.1 Å². The maximum Gasteiger partial charge on any atom is 0.269 e. The number of hydrogen-bond donors (Lipinski definition) is 2. The molecule has 2 aromatic carbocycles. The van der Waals surface area contributed by atoms with E-state index in [-0.39, 0.29) is 17.6 Å². The van der Waals surface area contributed by atoms with Crippen LogP contribution in [0, 0.1) is 21.4 Å². The van der Waals surface area contributed by atoms with E-state index in [1.165, 1.54) is 24.3 Å². The molecule has 0 aromatic heterocycles. The van der Waals surface area contributed by atoms with Crippen LogP contribution in [-0.2, 0) is 4.79 Å². The minimum absolute atomic E-state index is 0.0291. The molecule has 0 unspecified atom stereocenters. The Morgan fingerprint density at radius 1 is 1.12 bits per heavy atom. The van der Waals surface area contributed by atoms with E-state index in [9.17, 15) is 14.9 Å². The molecule has 0 fully saturated rings. The number of non-ortho nitro benzene ring substituents is 1. The van der Waals surface area contributed by atoms with Crippen molar-refractivity contribution in [3.8, 4) is 6.07 Å². The molecule has 0 saturated carbocycles. The second-order valence-corrected chi connectivity index (χ2v) is 5.64. The average Bonchev–Trinajstić information content (AvgIpc) is 2.62. The van der Waals surface area contributed by atoms with Gasteiger partial charge in [0.2, 0.25) is 5.91 Å². The summed E-state index contributed by atoms with van der Waals surface area (Å²) in [5, 5.41) is 25.3. The number of nitriles is 1. The van der Waals surface area contributed by atoms with E-state index in [2.05, 4.69) is 16.7 Å². The molecule has 1 amide bonds. The quantitative estimate of drug-likeness (QED) is 0.621. The molecule has 0 spiro atoms. The lowest BCUT2D eigenvalue weighted by Gasteiger charge is -2.20. The van der Waals surface area contributed by atoms with E-state index in [4.69, 9.17) is 5.26 Å². The molecule has 0 aliphatic rings. The molecular weight excluding hydrogens is 320 g/mol. The number of nitro benzene ring substituents is 1. The van der Waals surface area contributed by atoms with Gasteiger partial charge in [0.25, 0.3) is 5.69 Å². The van der Waals surface area contributed by atoms with Crippen LogP contribution in [0.15, 0.2) is 48.5 Å². The molecule has 0 aliphatic heterocycles. The molecule has 25 heavy (non-hydrogen) atoms. The Kier molecular flexibility index (Phi) is 5.82. The molecule has 0 radical (unpaired) electrons. The van der Waals surface area contributed by atoms with Crippen molar-refractivity contribution < 1.29 is 9.72 Å². The zero-order valence-electron chi connectivity index (χ0n) is 13.9. The number of carbonyl (C=O) groups is 1. The number of nitrogens with zero attached hydrogens (tertiary/aromatic N) is 2. The molecule has 128 valence electrons. The second kappa shape index (κ2) is 8.04. The van der Waals surface area contributed by atoms with Gasteiger partial charge in [-0.2, -0.15) is 5.26 Å². The van der Waals surface area contributed by atoms with Crippen molar-refractivity contribution >= 4 is 17.3 Å². The highest BCUT2D eigenvalue weighted by molar-refractivity contribution is 5.94. The summed E-state index contributed by atoms with van der Waals surface area (Å²) < 4.78 is 0. The Hall–Kier alpha value is -3.24. The summed E-state index contributed by atoms with van der Waals surface area (Å²) in [6.45, 7) is 3.66. The fraction of sp³-hybridized carbons (Fsp3) is 0.222. The first-order valence-electron chi connectivity index (χ1n) is 7.72. The molecular formula is C18H18N4O3. The SMILES string of the molecule is C[C@H](N[C@H](C)C(=O)Nc1ccc([N+](=O)[O-])cc1)c1ccc(C#N)cc1. The zero-order valence-corrected chi connectivity index (χ0v) is 13.9. The normalized spacial score (nSPS) is 12.7. The fourth-order valence-corrected chi connectivity index (χ4v) is 2.31. The molecule has 2 aromatic rings. The summed E-state index contributed by atoms with van der Waals surface area (Å²) in [5.74, 6) is -0.241. The van der Waals surface area contributed by atoms with Crippen LogP contribution in [0.2, 0.25) is 0 Å². The Morgan fingerprint density at radius 2 is 1.72 bits per heavy atom. The van der Waals surface area contributed by atoms with Gasteiger partial charge < -0.3 is 5.32 Å². The van der Waals surface area contributed by atoms with Crippen molar-refractivity contribution in [3.05, 3.63) is 69.8 Å². The summed E-state index contributed by atoms with van der Waals surface area (Å²) >= 11 is 0. The molecule has 0 bridgehead atoms. The van der Waals surface area contributed by atoms with Gasteiger partial charge in [0.15, 0.2) is 0 Å². The smallest absolute Gasteiger partial charge is 0.269 e. The predicted octanol–water partition coefficient (Wildman–Crippen LogP) is 3.14. The van der Waals surface area contributed by atoms with Crippen LogP contribution in [0.3, 0.4) is 0 Å². The molecule has 7 heteroatoms. The van der Waals surface area contributed by atoms with Crippen LogP contribution in [0.25, 0.3) is 0 Å². The Balaban J connectivity index is 1.94. The first kappa shape index (κ1) is 18.1. The molecule has 0 aliphatic carbocycles. The van der Waals surface area contributed by atoms with Crippen molar-refractivity contribution in [2.45, 2.75) is 25.9 Å². The van der Waals surface area contributed by atoms with Crippen molar-refractivity contribution in [1.29, 1.82) is 5.26 Å². The number of amides is 1. The van der Waals surface area contributed by atoms with Crippen LogP contribution < -0.4 is 10.6 Å². The van der Waals surface area contributed by atoms with Gasteiger partial charge in [-0.25, -0.2) is 0 Å². The van der Waals surface area contributed by atoms with Gasteiger partial charge >= 0.3 is 0 Å². The van der Waals surface area contributed by atoms with E-state index in [0.29, 0.717) is 11.3 Å². The summed E-state index contributed by atoms with van der Waals surface area (Å²) in [5.41, 5.74) is 2.02. The van der Waals surface area contributed by atoms with Crippen molar-refractivity contribution in [1.82, 2.24) is 5.32 Å². The van der Waals surface area contributed by atoms with E-state index in [0.717, 1.165) is 5.56 Å². The maximum atomic E-state index is 12.2. The van der Waals surface area contributed by atoms with E-state index in [1.807, 2.05) is 19.1 Å². The Labute approximate surface area is 145 Å². The monoisotopic (exact) mass is 338 g/mol. The number of anilines is 1. The Morgan fingerprint density at radius 3 is 2.24 bits per heavy atom. The highest BCUT2D eigenvalue weighted by Crippen LogP contribution is 2.17. The standard InChI is InChI=1S/C18H18N4O3/c1-12(15-5-3-14(11-19)4-6-15)20-13(2)18(23)21-16-7-9-17(10-8-16)22(24)25/h3-10,12-13,20H,1-2H3,(H,21,23)/t12-,13+/m0/s1. The minimum atomic E-state index is -0.491. The van der Waals surface area contributed by atoms with Gasteiger partial charge in [-0.1, -0.05) is 12.1 Å². The highest BCUT2D eigenvalue weighted by Gasteiger charge is 2.17. The number of carbonyl (C=O) groups excluding carboxylic acids is 1. The minimum Gasteiger partial charge on any atom is -0.325 e. The van der Waals surface area contributed by atoms with Crippen LogP contribution in [-0.4, -0.2) is 16.9 Å². The molecule has 2 N–H and O–H groups in total. The lowest BCUT2D eigenvalue weighted by molar-refractivity contribution is -0.384. The fourth-order valence-electron chi connectivity index (χ4n) is 2.31. The first-order valence-corrected chi connectivity index (χ1v) is 7.72. The molecule has 0 saturated heterocycles. The third-order valence-corrected chi connectivity index (χ3v) is 3.78. The van der Waals surface area contributed by atoms with E-state index >= 15 is 0 Å². The summed E-state index contributed by atoms with van der Waals surface area (Å²) in [6, 6.07) is 14.3. The van der Waals surface area contributed by atoms with Crippen molar-refractivity contribution in [2.75, 3.05) is 5.32 Å². The number of nitrogens with one attached hydrogen (secondary N) is 2. The van der Waals surface area contributed by atoms with Crippen LogP contribution in [0.1, 0.15) is 31.0 Å². The van der Waals surface area contributed by atoms with Gasteiger partial charge in [-0.05, 0) is 43.7 Å². The second-order valence-electron chi connectivity index (χ2n) is 5.64. The third kappa shape index (κ3) is 4.86. The predicted molar refractivity (Wildman–Crippen MR) is 93.9 cm³/mol. The van der Waals surface area contributed by atoms with Crippen LogP contribution >= 0.6 is 0 Å². The number of rotatable bonds is 6.